The maximum absolute atomic E-state index is 13.5. The minimum Gasteiger partial charge on any atom is -0.397 e. The molecule has 2 aromatic rings. The summed E-state index contributed by atoms with van der Waals surface area (Å²) in [6, 6.07) is 9.96. The molecule has 2 rings (SSSR count). The van der Waals surface area contributed by atoms with Gasteiger partial charge in [0.2, 0.25) is 0 Å². The molecule has 0 fully saturated rings. The van der Waals surface area contributed by atoms with Crippen molar-refractivity contribution in [3.8, 4) is 0 Å². The van der Waals surface area contributed by atoms with Gasteiger partial charge in [-0.25, -0.2) is 4.39 Å². The lowest BCUT2D eigenvalue weighted by Gasteiger charge is -2.10. The molecule has 0 spiro atoms. The number of hydrogen-bond acceptors (Lipinski definition) is 2. The van der Waals surface area contributed by atoms with Gasteiger partial charge in [0, 0.05) is 21.6 Å². The molecule has 94 valence electrons. The maximum atomic E-state index is 13.5. The average molecular weight is 330 g/mol. The van der Waals surface area contributed by atoms with Gasteiger partial charge in [-0.1, -0.05) is 27.5 Å². The van der Waals surface area contributed by atoms with Crippen LogP contribution in [0.4, 0.5) is 15.8 Å². The van der Waals surface area contributed by atoms with Gasteiger partial charge in [-0.05, 0) is 36.4 Å². The molecule has 2 aromatic carbocycles. The molecule has 0 aliphatic heterocycles. The summed E-state index contributed by atoms with van der Waals surface area (Å²) in [6.45, 7) is 0.332. The normalized spacial score (nSPS) is 10.4. The molecule has 0 aliphatic carbocycles. The third-order valence-electron chi connectivity index (χ3n) is 2.49. The van der Waals surface area contributed by atoms with Crippen LogP contribution < -0.4 is 11.1 Å². The Morgan fingerprint density at radius 2 is 2.00 bits per heavy atom. The van der Waals surface area contributed by atoms with E-state index in [-0.39, 0.29) is 5.82 Å². The first-order chi connectivity index (χ1) is 8.56. The van der Waals surface area contributed by atoms with Gasteiger partial charge >= 0.3 is 0 Å². The topological polar surface area (TPSA) is 38.0 Å². The fourth-order valence-corrected chi connectivity index (χ4v) is 2.14. The molecule has 0 bridgehead atoms. The van der Waals surface area contributed by atoms with E-state index in [4.69, 9.17) is 17.3 Å². The molecule has 0 aliphatic rings. The second-order valence-electron chi connectivity index (χ2n) is 3.82. The first-order valence-corrected chi connectivity index (χ1v) is 6.46. The zero-order valence-corrected chi connectivity index (χ0v) is 11.7. The van der Waals surface area contributed by atoms with Crippen LogP contribution in [0.2, 0.25) is 5.02 Å². The van der Waals surface area contributed by atoms with E-state index in [1.54, 1.807) is 12.1 Å². The van der Waals surface area contributed by atoms with Crippen LogP contribution >= 0.6 is 27.5 Å². The lowest BCUT2D eigenvalue weighted by molar-refractivity contribution is 0.613. The number of nitrogens with one attached hydrogen (secondary N) is 1. The van der Waals surface area contributed by atoms with Gasteiger partial charge in [-0.15, -0.1) is 0 Å². The van der Waals surface area contributed by atoms with E-state index in [0.717, 1.165) is 10.2 Å². The summed E-state index contributed by atoms with van der Waals surface area (Å²) in [7, 11) is 0. The van der Waals surface area contributed by atoms with Crippen LogP contribution in [0.5, 0.6) is 0 Å². The van der Waals surface area contributed by atoms with Gasteiger partial charge in [0.05, 0.1) is 11.4 Å². The van der Waals surface area contributed by atoms with Crippen LogP contribution in [-0.2, 0) is 6.54 Å². The standard InChI is InChI=1S/C13H11BrClFN2/c14-9-1-4-13(12(17)6-9)18-7-8-5-10(15)2-3-11(8)16/h1-6,18H,7,17H2. The molecular weight excluding hydrogens is 319 g/mol. The van der Waals surface area contributed by atoms with Crippen molar-refractivity contribution in [2.45, 2.75) is 6.54 Å². The highest BCUT2D eigenvalue weighted by Gasteiger charge is 2.04. The predicted octanol–water partition coefficient (Wildman–Crippen LogP) is 4.44. The number of halogens is 3. The second-order valence-corrected chi connectivity index (χ2v) is 5.17. The molecule has 0 saturated heterocycles. The van der Waals surface area contributed by atoms with Crippen molar-refractivity contribution in [3.05, 3.63) is 57.3 Å². The molecule has 2 nitrogen and oxygen atoms in total. The molecule has 18 heavy (non-hydrogen) atoms. The maximum Gasteiger partial charge on any atom is 0.128 e. The Hall–Kier alpha value is -1.26. The van der Waals surface area contributed by atoms with Crippen LogP contribution in [0.25, 0.3) is 0 Å². The van der Waals surface area contributed by atoms with Crippen LogP contribution in [0.15, 0.2) is 40.9 Å². The lowest BCUT2D eigenvalue weighted by Crippen LogP contribution is -2.04. The Morgan fingerprint density at radius 1 is 1.22 bits per heavy atom. The monoisotopic (exact) mass is 328 g/mol. The summed E-state index contributed by atoms with van der Waals surface area (Å²) in [5.41, 5.74) is 7.71. The highest BCUT2D eigenvalue weighted by atomic mass is 79.9. The van der Waals surface area contributed by atoms with E-state index in [0.29, 0.717) is 22.8 Å². The molecule has 0 heterocycles. The summed E-state index contributed by atoms with van der Waals surface area (Å²) in [6.07, 6.45) is 0. The van der Waals surface area contributed by atoms with E-state index in [2.05, 4.69) is 21.2 Å². The minimum atomic E-state index is -0.289. The summed E-state index contributed by atoms with van der Waals surface area (Å²) >= 11 is 9.15. The highest BCUT2D eigenvalue weighted by molar-refractivity contribution is 9.10. The Labute approximate surface area is 118 Å². The number of hydrogen-bond donors (Lipinski definition) is 2. The number of rotatable bonds is 3. The molecule has 0 atom stereocenters. The van der Waals surface area contributed by atoms with Crippen molar-refractivity contribution in [1.29, 1.82) is 0 Å². The summed E-state index contributed by atoms with van der Waals surface area (Å²) in [5, 5.41) is 3.59. The quantitative estimate of drug-likeness (QED) is 0.817. The number of nitrogens with two attached hydrogens (primary N) is 1. The van der Waals surface area contributed by atoms with Gasteiger partial charge in [0.25, 0.3) is 0 Å². The Bertz CT molecular complexity index is 575. The summed E-state index contributed by atoms with van der Waals surface area (Å²) < 4.78 is 14.4. The SMILES string of the molecule is Nc1cc(Br)ccc1NCc1cc(Cl)ccc1F. The smallest absolute Gasteiger partial charge is 0.128 e. The van der Waals surface area contributed by atoms with Gasteiger partial charge in [-0.2, -0.15) is 0 Å². The van der Waals surface area contributed by atoms with Gasteiger partial charge in [0.15, 0.2) is 0 Å². The van der Waals surface area contributed by atoms with Crippen molar-refractivity contribution < 1.29 is 4.39 Å². The zero-order chi connectivity index (χ0) is 13.1. The third kappa shape index (κ3) is 3.15. The van der Waals surface area contributed by atoms with Crippen molar-refractivity contribution in [2.24, 2.45) is 0 Å². The van der Waals surface area contributed by atoms with Crippen LogP contribution in [-0.4, -0.2) is 0 Å². The fraction of sp³-hybridized carbons (Fsp3) is 0.0769. The lowest BCUT2D eigenvalue weighted by atomic mass is 10.2. The molecule has 0 unspecified atom stereocenters. The molecule has 5 heteroatoms. The van der Waals surface area contributed by atoms with Gasteiger partial charge in [-0.3, -0.25) is 0 Å². The molecule has 0 saturated carbocycles. The van der Waals surface area contributed by atoms with Crippen molar-refractivity contribution in [1.82, 2.24) is 0 Å². The first-order valence-electron chi connectivity index (χ1n) is 5.29. The zero-order valence-electron chi connectivity index (χ0n) is 9.38. The van der Waals surface area contributed by atoms with Crippen molar-refractivity contribution in [2.75, 3.05) is 11.1 Å². The summed E-state index contributed by atoms with van der Waals surface area (Å²) in [4.78, 5) is 0. The second kappa shape index (κ2) is 5.59. The Morgan fingerprint density at radius 3 is 2.72 bits per heavy atom. The van der Waals surface area contributed by atoms with E-state index in [1.165, 1.54) is 12.1 Å². The molecular formula is C13H11BrClFN2. The third-order valence-corrected chi connectivity index (χ3v) is 3.22. The fourth-order valence-electron chi connectivity index (χ4n) is 1.56. The minimum absolute atomic E-state index is 0.289. The molecule has 3 N–H and O–H groups in total. The van der Waals surface area contributed by atoms with Crippen LogP contribution in [0, 0.1) is 5.82 Å². The van der Waals surface area contributed by atoms with Crippen molar-refractivity contribution in [3.63, 3.8) is 0 Å². The average Bonchev–Trinajstić information content (AvgIpc) is 2.32. The Balaban J connectivity index is 2.13. The van der Waals surface area contributed by atoms with E-state index >= 15 is 0 Å². The van der Waals surface area contributed by atoms with Crippen LogP contribution in [0.1, 0.15) is 5.56 Å². The van der Waals surface area contributed by atoms with Crippen LogP contribution in [0.3, 0.4) is 0 Å². The van der Waals surface area contributed by atoms with E-state index < -0.39 is 0 Å². The molecule has 0 aromatic heterocycles. The largest absolute Gasteiger partial charge is 0.397 e. The molecule has 0 amide bonds. The van der Waals surface area contributed by atoms with Gasteiger partial charge < -0.3 is 11.1 Å². The number of anilines is 2. The molecule has 0 radical (unpaired) electrons. The number of nitrogen functional groups attached to an aromatic ring is 1. The predicted molar refractivity (Wildman–Crippen MR) is 77.3 cm³/mol. The van der Waals surface area contributed by atoms with Crippen molar-refractivity contribution >= 4 is 38.9 Å². The van der Waals surface area contributed by atoms with E-state index in [1.807, 2.05) is 12.1 Å². The first kappa shape index (κ1) is 13.2. The van der Waals surface area contributed by atoms with Gasteiger partial charge in [0.1, 0.15) is 5.82 Å². The highest BCUT2D eigenvalue weighted by Crippen LogP contribution is 2.24. The summed E-state index contributed by atoms with van der Waals surface area (Å²) in [5.74, 6) is -0.289. The Kier molecular flexibility index (Phi) is 4.09. The van der Waals surface area contributed by atoms with E-state index in [9.17, 15) is 4.39 Å². The number of benzene rings is 2.